The highest BCUT2D eigenvalue weighted by molar-refractivity contribution is 6.14. The molecule has 3 aromatic heterocycles. The third-order valence-corrected chi connectivity index (χ3v) is 4.55. The van der Waals surface area contributed by atoms with Gasteiger partial charge in [-0.2, -0.15) is 5.10 Å². The summed E-state index contributed by atoms with van der Waals surface area (Å²) in [4.78, 5) is 4.53. The van der Waals surface area contributed by atoms with E-state index in [1.807, 2.05) is 24.6 Å². The van der Waals surface area contributed by atoms with E-state index in [2.05, 4.69) is 15.2 Å². The first-order valence-corrected chi connectivity index (χ1v) is 8.28. The monoisotopic (exact) mass is 362 g/mol. The Morgan fingerprint density at radius 1 is 1.15 bits per heavy atom. The number of aromatic nitrogens is 4. The fraction of sp³-hybridized carbons (Fsp3) is 0.105. The van der Waals surface area contributed by atoms with Crippen LogP contribution in [0.3, 0.4) is 0 Å². The highest BCUT2D eigenvalue weighted by atomic mass is 16.4. The first kappa shape index (κ1) is 16.6. The molecule has 1 aromatic carbocycles. The Balaban J connectivity index is 2.22. The average Bonchev–Trinajstić information content (AvgIpc) is 3.18. The van der Waals surface area contributed by atoms with Gasteiger partial charge >= 0.3 is 0 Å². The number of phenols is 1. The minimum atomic E-state index is -0.0128. The number of pyridine rings is 1. The van der Waals surface area contributed by atoms with Crippen molar-refractivity contribution in [2.45, 2.75) is 6.92 Å². The van der Waals surface area contributed by atoms with Gasteiger partial charge in [0.25, 0.3) is 0 Å². The Kier molecular flexibility index (Phi) is 3.80. The van der Waals surface area contributed by atoms with Gasteiger partial charge in [-0.15, -0.1) is 0 Å². The van der Waals surface area contributed by atoms with Gasteiger partial charge in [0.2, 0.25) is 0 Å². The summed E-state index contributed by atoms with van der Waals surface area (Å²) in [5.74, 6) is 0.152. The Bertz CT molecular complexity index is 1150. The highest BCUT2D eigenvalue weighted by Gasteiger charge is 2.26. The van der Waals surface area contributed by atoms with E-state index in [4.69, 9.17) is 5.73 Å². The number of phenolic OH excluding ortho intramolecular Hbond substituents is 1. The standard InChI is InChI=1S/C19H18N6O2/c1-11-10-22-24(2)16(11)17-15(18(20)23-27)14-4-3-9-21-19(14)25(17)12-5-7-13(26)8-6-12/h3-10,26-27H,1-2H3,(H2,20,23). The first-order valence-electron chi connectivity index (χ1n) is 8.28. The molecule has 27 heavy (non-hydrogen) atoms. The van der Waals surface area contributed by atoms with Crippen LogP contribution in [0.4, 0.5) is 0 Å². The predicted octanol–water partition coefficient (Wildman–Crippen LogP) is 2.53. The van der Waals surface area contributed by atoms with Gasteiger partial charge in [-0.3, -0.25) is 9.25 Å². The largest absolute Gasteiger partial charge is 0.508 e. The Morgan fingerprint density at radius 2 is 1.89 bits per heavy atom. The van der Waals surface area contributed by atoms with Crippen LogP contribution in [0.5, 0.6) is 5.75 Å². The Labute approximate surface area is 154 Å². The van der Waals surface area contributed by atoms with Crippen molar-refractivity contribution in [3.05, 3.63) is 59.9 Å². The maximum Gasteiger partial charge on any atom is 0.173 e. The SMILES string of the molecule is Cc1cnn(C)c1-c1c(/C(N)=N/O)c2cccnc2n1-c1ccc(O)cc1. The van der Waals surface area contributed by atoms with Gasteiger partial charge in [-0.05, 0) is 48.9 Å². The first-order chi connectivity index (χ1) is 13.0. The van der Waals surface area contributed by atoms with Crippen molar-refractivity contribution >= 4 is 16.9 Å². The van der Waals surface area contributed by atoms with E-state index >= 15 is 0 Å². The van der Waals surface area contributed by atoms with Crippen LogP contribution in [0, 0.1) is 6.92 Å². The average molecular weight is 362 g/mol. The minimum Gasteiger partial charge on any atom is -0.508 e. The van der Waals surface area contributed by atoms with Crippen LogP contribution in [0.1, 0.15) is 11.1 Å². The number of hydrogen-bond acceptors (Lipinski definition) is 5. The van der Waals surface area contributed by atoms with Gasteiger partial charge < -0.3 is 16.0 Å². The Hall–Kier alpha value is -3.81. The van der Waals surface area contributed by atoms with Crippen LogP contribution in [0.2, 0.25) is 0 Å². The van der Waals surface area contributed by atoms with E-state index < -0.39 is 0 Å². The van der Waals surface area contributed by atoms with Gasteiger partial charge in [0.05, 0.1) is 23.1 Å². The van der Waals surface area contributed by atoms with Gasteiger partial charge in [-0.1, -0.05) is 5.16 Å². The van der Waals surface area contributed by atoms with Gasteiger partial charge in [0.1, 0.15) is 11.4 Å². The van der Waals surface area contributed by atoms with Crippen molar-refractivity contribution in [3.63, 3.8) is 0 Å². The molecule has 0 atom stereocenters. The summed E-state index contributed by atoms with van der Waals surface area (Å²) < 4.78 is 3.67. The maximum absolute atomic E-state index is 9.68. The van der Waals surface area contributed by atoms with Crippen molar-refractivity contribution in [2.75, 3.05) is 0 Å². The number of aryl methyl sites for hydroxylation is 2. The molecule has 0 bridgehead atoms. The number of aromatic hydroxyl groups is 1. The lowest BCUT2D eigenvalue weighted by atomic mass is 10.1. The van der Waals surface area contributed by atoms with Crippen LogP contribution in [-0.2, 0) is 7.05 Å². The summed E-state index contributed by atoms with van der Waals surface area (Å²) in [5.41, 5.74) is 10.5. The predicted molar refractivity (Wildman–Crippen MR) is 102 cm³/mol. The fourth-order valence-electron chi connectivity index (χ4n) is 3.39. The van der Waals surface area contributed by atoms with E-state index in [1.54, 1.807) is 47.4 Å². The number of hydrogen-bond donors (Lipinski definition) is 3. The summed E-state index contributed by atoms with van der Waals surface area (Å²) >= 11 is 0. The molecule has 3 heterocycles. The zero-order chi connectivity index (χ0) is 19.1. The van der Waals surface area contributed by atoms with Crippen molar-refractivity contribution in [1.29, 1.82) is 0 Å². The lowest BCUT2D eigenvalue weighted by molar-refractivity contribution is 0.318. The molecular formula is C19H18N6O2. The molecule has 0 unspecified atom stereocenters. The number of rotatable bonds is 3. The minimum absolute atomic E-state index is 0.0128. The second kappa shape index (κ2) is 6.17. The molecule has 4 aromatic rings. The molecule has 136 valence electrons. The summed E-state index contributed by atoms with van der Waals surface area (Å²) in [6.45, 7) is 1.95. The molecule has 0 saturated carbocycles. The van der Waals surface area contributed by atoms with Gasteiger partial charge in [0, 0.05) is 24.3 Å². The lowest BCUT2D eigenvalue weighted by Crippen LogP contribution is -2.15. The van der Waals surface area contributed by atoms with Crippen molar-refractivity contribution in [2.24, 2.45) is 17.9 Å². The normalized spacial score (nSPS) is 12.0. The number of nitrogens with zero attached hydrogens (tertiary/aromatic N) is 5. The van der Waals surface area contributed by atoms with Crippen molar-refractivity contribution < 1.29 is 10.3 Å². The summed E-state index contributed by atoms with van der Waals surface area (Å²) in [6, 6.07) is 10.5. The quantitative estimate of drug-likeness (QED) is 0.224. The molecule has 8 nitrogen and oxygen atoms in total. The summed E-state index contributed by atoms with van der Waals surface area (Å²) in [5, 5.41) is 27.4. The molecule has 0 radical (unpaired) electrons. The molecule has 0 aliphatic rings. The third-order valence-electron chi connectivity index (χ3n) is 4.55. The number of benzene rings is 1. The van der Waals surface area contributed by atoms with Crippen LogP contribution < -0.4 is 5.73 Å². The number of oxime groups is 1. The number of fused-ring (bicyclic) bond motifs is 1. The molecule has 8 heteroatoms. The van der Waals surface area contributed by atoms with Crippen molar-refractivity contribution in [1.82, 2.24) is 19.3 Å². The van der Waals surface area contributed by atoms with Gasteiger partial charge in [0.15, 0.2) is 5.84 Å². The fourth-order valence-corrected chi connectivity index (χ4v) is 3.39. The molecule has 0 aliphatic carbocycles. The van der Waals surface area contributed by atoms with Crippen LogP contribution in [-0.4, -0.2) is 35.5 Å². The molecule has 0 fully saturated rings. The van der Waals surface area contributed by atoms with E-state index in [-0.39, 0.29) is 11.6 Å². The van der Waals surface area contributed by atoms with Gasteiger partial charge in [-0.25, -0.2) is 4.98 Å². The van der Waals surface area contributed by atoms with E-state index in [0.717, 1.165) is 22.3 Å². The maximum atomic E-state index is 9.68. The topological polar surface area (TPSA) is 114 Å². The third kappa shape index (κ3) is 2.50. The second-order valence-corrected chi connectivity index (χ2v) is 6.24. The highest BCUT2D eigenvalue weighted by Crippen LogP contribution is 2.37. The zero-order valence-corrected chi connectivity index (χ0v) is 14.8. The lowest BCUT2D eigenvalue weighted by Gasteiger charge is -2.13. The van der Waals surface area contributed by atoms with E-state index in [9.17, 15) is 10.3 Å². The van der Waals surface area contributed by atoms with Crippen molar-refractivity contribution in [3.8, 4) is 22.8 Å². The van der Waals surface area contributed by atoms with Crippen LogP contribution in [0.15, 0.2) is 53.9 Å². The molecule has 4 N–H and O–H groups in total. The molecule has 0 saturated heterocycles. The molecule has 4 rings (SSSR count). The number of amidine groups is 1. The Morgan fingerprint density at radius 3 is 2.52 bits per heavy atom. The summed E-state index contributed by atoms with van der Waals surface area (Å²) in [6.07, 6.45) is 3.45. The number of nitrogens with two attached hydrogens (primary N) is 1. The molecule has 0 aliphatic heterocycles. The second-order valence-electron chi connectivity index (χ2n) is 6.24. The van der Waals surface area contributed by atoms with E-state index in [1.165, 1.54) is 0 Å². The molecular weight excluding hydrogens is 344 g/mol. The molecule has 0 spiro atoms. The van der Waals surface area contributed by atoms with Crippen LogP contribution >= 0.6 is 0 Å². The smallest absolute Gasteiger partial charge is 0.173 e. The van der Waals surface area contributed by atoms with Crippen LogP contribution in [0.25, 0.3) is 28.1 Å². The van der Waals surface area contributed by atoms with E-state index in [0.29, 0.717) is 16.9 Å². The summed E-state index contributed by atoms with van der Waals surface area (Å²) in [7, 11) is 1.84. The molecule has 0 amide bonds. The zero-order valence-electron chi connectivity index (χ0n) is 14.8.